The quantitative estimate of drug-likeness (QED) is 0.582. The number of hydrogen-bond acceptors (Lipinski definition) is 4. The van der Waals surface area contributed by atoms with E-state index in [1.54, 1.807) is 19.2 Å². The molecule has 6 nitrogen and oxygen atoms in total. The van der Waals surface area contributed by atoms with E-state index in [0.29, 0.717) is 18.7 Å². The topological polar surface area (TPSA) is 75.7 Å². The molecule has 0 saturated heterocycles. The largest absolute Gasteiger partial charge is 0.496 e. The summed E-state index contributed by atoms with van der Waals surface area (Å²) in [5.41, 5.74) is 3.50. The average molecular weight is 433 g/mol. The fraction of sp³-hybridized carbons (Fsp3) is 0.435. The van der Waals surface area contributed by atoms with Gasteiger partial charge in [0, 0.05) is 6.54 Å². The molecule has 2 aromatic carbocycles. The molecule has 0 spiro atoms. The number of aryl methyl sites for hydroxylation is 3. The molecule has 1 amide bonds. The molecule has 164 valence electrons. The second-order valence-corrected chi connectivity index (χ2v) is 9.39. The molecular formula is C23H32N2O4S. The fourth-order valence-corrected chi connectivity index (χ4v) is 4.85. The highest BCUT2D eigenvalue weighted by atomic mass is 32.2. The Morgan fingerprint density at radius 1 is 1.13 bits per heavy atom. The Bertz CT molecular complexity index is 953. The maximum Gasteiger partial charge on any atom is 0.243 e. The highest BCUT2D eigenvalue weighted by Gasteiger charge is 2.31. The first-order valence-corrected chi connectivity index (χ1v) is 12.0. The molecule has 2 aromatic rings. The molecule has 0 aliphatic carbocycles. The van der Waals surface area contributed by atoms with E-state index in [9.17, 15) is 13.2 Å². The Hall–Kier alpha value is -2.54. The minimum Gasteiger partial charge on any atom is -0.496 e. The minimum atomic E-state index is -3.63. The molecule has 2 rings (SSSR count). The van der Waals surface area contributed by atoms with Gasteiger partial charge in [0.1, 0.15) is 11.8 Å². The molecule has 0 aliphatic heterocycles. The van der Waals surface area contributed by atoms with Crippen LogP contribution in [0.3, 0.4) is 0 Å². The van der Waals surface area contributed by atoms with E-state index in [2.05, 4.69) is 5.32 Å². The molecule has 0 saturated carbocycles. The third-order valence-electron chi connectivity index (χ3n) is 4.91. The van der Waals surface area contributed by atoms with Gasteiger partial charge in [0.05, 0.1) is 19.1 Å². The highest BCUT2D eigenvalue weighted by Crippen LogP contribution is 2.25. The maximum atomic E-state index is 12.9. The van der Waals surface area contributed by atoms with Crippen molar-refractivity contribution in [2.24, 2.45) is 0 Å². The van der Waals surface area contributed by atoms with Gasteiger partial charge in [0.15, 0.2) is 0 Å². The zero-order valence-electron chi connectivity index (χ0n) is 18.4. The van der Waals surface area contributed by atoms with Crippen molar-refractivity contribution in [1.29, 1.82) is 0 Å². The van der Waals surface area contributed by atoms with Crippen LogP contribution in [0.25, 0.3) is 0 Å². The number of para-hydroxylation sites is 1. The highest BCUT2D eigenvalue weighted by molar-refractivity contribution is 7.92. The standard InChI is InChI=1S/C23H32N2O4S/c1-6-21(25(30(5,27)28)20-15-17(2)14-18(3)16-20)23(26)24-13-9-11-19-10-7-8-12-22(19)29-4/h7-8,10,12,14-16,21H,6,9,11,13H2,1-5H3,(H,24,26). The van der Waals surface area contributed by atoms with E-state index in [-0.39, 0.29) is 5.91 Å². The van der Waals surface area contributed by atoms with Crippen LogP contribution in [0.2, 0.25) is 0 Å². The van der Waals surface area contributed by atoms with E-state index in [1.807, 2.05) is 51.1 Å². The molecule has 1 atom stereocenters. The summed E-state index contributed by atoms with van der Waals surface area (Å²) in [6, 6.07) is 12.6. The number of carbonyl (C=O) groups excluding carboxylic acids is 1. The van der Waals surface area contributed by atoms with E-state index in [0.717, 1.165) is 41.5 Å². The maximum absolute atomic E-state index is 12.9. The summed E-state index contributed by atoms with van der Waals surface area (Å²) in [4.78, 5) is 12.9. The number of carbonyl (C=O) groups is 1. The summed E-state index contributed by atoms with van der Waals surface area (Å²) in [6.45, 7) is 6.10. The summed E-state index contributed by atoms with van der Waals surface area (Å²) >= 11 is 0. The summed E-state index contributed by atoms with van der Waals surface area (Å²) in [5, 5.41) is 2.91. The number of ether oxygens (including phenoxy) is 1. The normalized spacial score (nSPS) is 12.3. The van der Waals surface area contributed by atoms with Crippen molar-refractivity contribution in [3.63, 3.8) is 0 Å². The predicted octanol–water partition coefficient (Wildman–Crippen LogP) is 3.61. The minimum absolute atomic E-state index is 0.290. The van der Waals surface area contributed by atoms with Gasteiger partial charge in [-0.25, -0.2) is 8.42 Å². The predicted molar refractivity (Wildman–Crippen MR) is 122 cm³/mol. The van der Waals surface area contributed by atoms with Crippen LogP contribution in [0.5, 0.6) is 5.75 Å². The number of hydrogen-bond donors (Lipinski definition) is 1. The Kier molecular flexibility index (Phi) is 8.29. The summed E-state index contributed by atoms with van der Waals surface area (Å²) in [5.74, 6) is 0.537. The van der Waals surface area contributed by atoms with Gasteiger partial charge in [-0.05, 0) is 68.0 Å². The smallest absolute Gasteiger partial charge is 0.243 e. The van der Waals surface area contributed by atoms with Crippen LogP contribution in [0.4, 0.5) is 5.69 Å². The first kappa shape index (κ1) is 23.7. The van der Waals surface area contributed by atoms with E-state index in [1.165, 1.54) is 4.31 Å². The monoisotopic (exact) mass is 432 g/mol. The van der Waals surface area contributed by atoms with Crippen molar-refractivity contribution >= 4 is 21.6 Å². The first-order chi connectivity index (χ1) is 14.2. The van der Waals surface area contributed by atoms with Gasteiger partial charge >= 0.3 is 0 Å². The van der Waals surface area contributed by atoms with Gasteiger partial charge in [-0.15, -0.1) is 0 Å². The first-order valence-electron chi connectivity index (χ1n) is 10.1. The molecule has 0 aliphatic rings. The molecule has 0 heterocycles. The molecule has 1 unspecified atom stereocenters. The van der Waals surface area contributed by atoms with Crippen LogP contribution in [0, 0.1) is 13.8 Å². The summed E-state index contributed by atoms with van der Waals surface area (Å²) in [6.07, 6.45) is 3.00. The number of methoxy groups -OCH3 is 1. The lowest BCUT2D eigenvalue weighted by Gasteiger charge is -2.30. The van der Waals surface area contributed by atoms with Gasteiger partial charge in [0.25, 0.3) is 0 Å². The second-order valence-electron chi connectivity index (χ2n) is 7.54. The molecule has 7 heteroatoms. The van der Waals surface area contributed by atoms with Crippen molar-refractivity contribution in [3.05, 3.63) is 59.2 Å². The number of nitrogens with zero attached hydrogens (tertiary/aromatic N) is 1. The fourth-order valence-electron chi connectivity index (χ4n) is 3.66. The van der Waals surface area contributed by atoms with Crippen LogP contribution in [0.15, 0.2) is 42.5 Å². The van der Waals surface area contributed by atoms with Crippen LogP contribution in [-0.4, -0.2) is 40.3 Å². The number of anilines is 1. The van der Waals surface area contributed by atoms with Crippen molar-refractivity contribution in [2.45, 2.75) is 46.1 Å². The number of amides is 1. The average Bonchev–Trinajstić information content (AvgIpc) is 2.67. The van der Waals surface area contributed by atoms with Crippen molar-refractivity contribution in [3.8, 4) is 5.75 Å². The Morgan fingerprint density at radius 2 is 1.77 bits per heavy atom. The van der Waals surface area contributed by atoms with Crippen molar-refractivity contribution in [1.82, 2.24) is 5.32 Å². The number of sulfonamides is 1. The van der Waals surface area contributed by atoms with Crippen LogP contribution in [-0.2, 0) is 21.2 Å². The van der Waals surface area contributed by atoms with Gasteiger partial charge in [0.2, 0.25) is 15.9 Å². The van der Waals surface area contributed by atoms with Gasteiger partial charge in [-0.2, -0.15) is 0 Å². The van der Waals surface area contributed by atoms with Crippen molar-refractivity contribution in [2.75, 3.05) is 24.2 Å². The molecule has 0 radical (unpaired) electrons. The Balaban J connectivity index is 2.10. The summed E-state index contributed by atoms with van der Waals surface area (Å²) < 4.78 is 31.7. The van der Waals surface area contributed by atoms with Crippen LogP contribution < -0.4 is 14.4 Å². The molecule has 1 N–H and O–H groups in total. The number of nitrogens with one attached hydrogen (secondary N) is 1. The number of rotatable bonds is 10. The second kappa shape index (κ2) is 10.5. The zero-order valence-corrected chi connectivity index (χ0v) is 19.3. The summed E-state index contributed by atoms with van der Waals surface area (Å²) in [7, 11) is -2.00. The van der Waals surface area contributed by atoms with Crippen LogP contribution >= 0.6 is 0 Å². The molecular weight excluding hydrogens is 400 g/mol. The van der Waals surface area contributed by atoms with Gasteiger partial charge in [-0.1, -0.05) is 31.2 Å². The molecule has 0 fully saturated rings. The van der Waals surface area contributed by atoms with Gasteiger partial charge < -0.3 is 10.1 Å². The van der Waals surface area contributed by atoms with Gasteiger partial charge in [-0.3, -0.25) is 9.10 Å². The number of benzene rings is 2. The Labute approximate surface area is 180 Å². The lowest BCUT2D eigenvalue weighted by atomic mass is 10.1. The Morgan fingerprint density at radius 3 is 2.33 bits per heavy atom. The third kappa shape index (κ3) is 6.23. The van der Waals surface area contributed by atoms with Crippen LogP contribution in [0.1, 0.15) is 36.5 Å². The lowest BCUT2D eigenvalue weighted by molar-refractivity contribution is -0.122. The van der Waals surface area contributed by atoms with Crippen molar-refractivity contribution < 1.29 is 17.9 Å². The lowest BCUT2D eigenvalue weighted by Crippen LogP contribution is -2.49. The molecule has 0 bridgehead atoms. The zero-order chi connectivity index (χ0) is 22.3. The van der Waals surface area contributed by atoms with E-state index in [4.69, 9.17) is 4.74 Å². The van der Waals surface area contributed by atoms with E-state index >= 15 is 0 Å². The third-order valence-corrected chi connectivity index (χ3v) is 6.09. The van der Waals surface area contributed by atoms with E-state index < -0.39 is 16.1 Å². The molecule has 0 aromatic heterocycles. The molecule has 30 heavy (non-hydrogen) atoms. The SMILES string of the molecule is CCC(C(=O)NCCCc1ccccc1OC)N(c1cc(C)cc(C)c1)S(C)(=O)=O.